The maximum Gasteiger partial charge on any atom is 0.138 e. The lowest BCUT2D eigenvalue weighted by molar-refractivity contribution is 0.305. The highest BCUT2D eigenvalue weighted by atomic mass is 35.5. The molecular weight excluding hydrogens is 208 g/mol. The highest BCUT2D eigenvalue weighted by molar-refractivity contribution is 6.32. The van der Waals surface area contributed by atoms with Gasteiger partial charge in [-0.15, -0.1) is 0 Å². The van der Waals surface area contributed by atoms with Gasteiger partial charge in [0.1, 0.15) is 5.75 Å². The molecule has 0 bridgehead atoms. The quantitative estimate of drug-likeness (QED) is 0.644. The average Bonchev–Trinajstić information content (AvgIpc) is 2.23. The van der Waals surface area contributed by atoms with Crippen molar-refractivity contribution in [2.45, 2.75) is 39.5 Å². The Labute approximate surface area is 97.4 Å². The fourth-order valence-corrected chi connectivity index (χ4v) is 1.60. The van der Waals surface area contributed by atoms with Crippen molar-refractivity contribution in [1.29, 1.82) is 0 Å². The molecule has 0 atom stereocenters. The Bertz CT molecular complexity index is 297. The predicted octanol–water partition coefficient (Wildman–Crippen LogP) is 4.61. The van der Waals surface area contributed by atoms with Gasteiger partial charge in [-0.25, -0.2) is 0 Å². The predicted molar refractivity (Wildman–Crippen MR) is 65.8 cm³/mol. The smallest absolute Gasteiger partial charge is 0.138 e. The molecule has 0 heterocycles. The van der Waals surface area contributed by atoms with Crippen molar-refractivity contribution in [3.05, 3.63) is 28.8 Å². The van der Waals surface area contributed by atoms with Gasteiger partial charge in [0, 0.05) is 0 Å². The number of rotatable bonds is 6. The van der Waals surface area contributed by atoms with Crippen LogP contribution in [0.3, 0.4) is 0 Å². The van der Waals surface area contributed by atoms with Crippen molar-refractivity contribution in [3.8, 4) is 5.75 Å². The molecule has 0 saturated carbocycles. The van der Waals surface area contributed by atoms with Crippen LogP contribution in [-0.2, 0) is 0 Å². The summed E-state index contributed by atoms with van der Waals surface area (Å²) in [6.07, 6.45) is 4.88. The van der Waals surface area contributed by atoms with E-state index in [0.29, 0.717) is 5.02 Å². The summed E-state index contributed by atoms with van der Waals surface area (Å²) in [6, 6.07) is 5.87. The molecule has 0 saturated heterocycles. The molecule has 0 amide bonds. The van der Waals surface area contributed by atoms with E-state index in [0.717, 1.165) is 18.8 Å². The molecule has 15 heavy (non-hydrogen) atoms. The van der Waals surface area contributed by atoms with E-state index in [-0.39, 0.29) is 0 Å². The molecule has 1 aromatic rings. The van der Waals surface area contributed by atoms with Crippen LogP contribution in [-0.4, -0.2) is 6.61 Å². The standard InChI is InChI=1S/C13H19ClO/c1-3-4-5-6-9-15-13-10-11(2)7-8-12(13)14/h7-8,10H,3-6,9H2,1-2H3. The van der Waals surface area contributed by atoms with Crippen molar-refractivity contribution in [2.75, 3.05) is 6.61 Å². The molecule has 1 aromatic carbocycles. The molecule has 0 aliphatic rings. The number of halogens is 1. The molecule has 0 spiro atoms. The molecule has 84 valence electrons. The lowest BCUT2D eigenvalue weighted by Crippen LogP contribution is -1.98. The molecule has 0 aromatic heterocycles. The number of hydrogen-bond acceptors (Lipinski definition) is 1. The molecule has 0 N–H and O–H groups in total. The van der Waals surface area contributed by atoms with Gasteiger partial charge in [0.25, 0.3) is 0 Å². The van der Waals surface area contributed by atoms with Crippen LogP contribution in [0.4, 0.5) is 0 Å². The van der Waals surface area contributed by atoms with Gasteiger partial charge in [0.05, 0.1) is 11.6 Å². The Morgan fingerprint density at radius 1 is 1.20 bits per heavy atom. The Kier molecular flexibility index (Phi) is 5.56. The summed E-state index contributed by atoms with van der Waals surface area (Å²) >= 11 is 6.01. The van der Waals surface area contributed by atoms with Crippen molar-refractivity contribution in [1.82, 2.24) is 0 Å². The Morgan fingerprint density at radius 2 is 2.00 bits per heavy atom. The van der Waals surface area contributed by atoms with Crippen LogP contribution in [0.2, 0.25) is 5.02 Å². The molecule has 0 aliphatic heterocycles. The summed E-state index contributed by atoms with van der Waals surface area (Å²) in [5, 5.41) is 0.705. The number of unbranched alkanes of at least 4 members (excludes halogenated alkanes) is 3. The summed E-state index contributed by atoms with van der Waals surface area (Å²) < 4.78 is 5.63. The fourth-order valence-electron chi connectivity index (χ4n) is 1.43. The van der Waals surface area contributed by atoms with E-state index in [9.17, 15) is 0 Å². The third-order valence-corrected chi connectivity index (χ3v) is 2.65. The van der Waals surface area contributed by atoms with Gasteiger partial charge in [0.2, 0.25) is 0 Å². The lowest BCUT2D eigenvalue weighted by atomic mass is 10.2. The highest BCUT2D eigenvalue weighted by Crippen LogP contribution is 2.25. The SMILES string of the molecule is CCCCCCOc1cc(C)ccc1Cl. The maximum absolute atomic E-state index is 6.01. The van der Waals surface area contributed by atoms with E-state index in [4.69, 9.17) is 16.3 Å². The number of ether oxygens (including phenoxy) is 1. The minimum absolute atomic E-state index is 0.705. The first kappa shape index (κ1) is 12.4. The van der Waals surface area contributed by atoms with E-state index in [1.165, 1.54) is 24.8 Å². The zero-order chi connectivity index (χ0) is 11.1. The van der Waals surface area contributed by atoms with E-state index >= 15 is 0 Å². The second-order valence-electron chi connectivity index (χ2n) is 3.84. The van der Waals surface area contributed by atoms with Crippen molar-refractivity contribution >= 4 is 11.6 Å². The van der Waals surface area contributed by atoms with Crippen LogP contribution in [0, 0.1) is 6.92 Å². The number of hydrogen-bond donors (Lipinski definition) is 0. The van der Waals surface area contributed by atoms with Gasteiger partial charge in [0.15, 0.2) is 0 Å². The number of benzene rings is 1. The topological polar surface area (TPSA) is 9.23 Å². The van der Waals surface area contributed by atoms with E-state index < -0.39 is 0 Å². The third kappa shape index (κ3) is 4.57. The zero-order valence-corrected chi connectivity index (χ0v) is 10.3. The minimum atomic E-state index is 0.705. The van der Waals surface area contributed by atoms with Gasteiger partial charge in [-0.1, -0.05) is 43.9 Å². The van der Waals surface area contributed by atoms with E-state index in [1.54, 1.807) is 0 Å². The van der Waals surface area contributed by atoms with Gasteiger partial charge in [-0.2, -0.15) is 0 Å². The molecule has 0 aliphatic carbocycles. The zero-order valence-electron chi connectivity index (χ0n) is 9.55. The van der Waals surface area contributed by atoms with Crippen LogP contribution in [0.5, 0.6) is 5.75 Å². The fraction of sp³-hybridized carbons (Fsp3) is 0.538. The van der Waals surface area contributed by atoms with Gasteiger partial charge < -0.3 is 4.74 Å². The molecule has 1 nitrogen and oxygen atoms in total. The summed E-state index contributed by atoms with van der Waals surface area (Å²) in [5.41, 5.74) is 1.18. The molecule has 0 unspecified atom stereocenters. The van der Waals surface area contributed by atoms with E-state index in [1.807, 2.05) is 25.1 Å². The van der Waals surface area contributed by atoms with Crippen LogP contribution in [0.25, 0.3) is 0 Å². The largest absolute Gasteiger partial charge is 0.492 e. The van der Waals surface area contributed by atoms with Crippen molar-refractivity contribution in [2.24, 2.45) is 0 Å². The number of aryl methyl sites for hydroxylation is 1. The first-order valence-corrected chi connectivity index (χ1v) is 6.00. The van der Waals surface area contributed by atoms with Gasteiger partial charge in [-0.3, -0.25) is 0 Å². The van der Waals surface area contributed by atoms with Crippen LogP contribution >= 0.6 is 11.6 Å². The molecular formula is C13H19ClO. The first-order chi connectivity index (χ1) is 7.24. The Morgan fingerprint density at radius 3 is 2.73 bits per heavy atom. The average molecular weight is 227 g/mol. The van der Waals surface area contributed by atoms with Crippen molar-refractivity contribution in [3.63, 3.8) is 0 Å². The maximum atomic E-state index is 6.01. The normalized spacial score (nSPS) is 10.3. The summed E-state index contributed by atoms with van der Waals surface area (Å²) in [5.74, 6) is 0.813. The summed E-state index contributed by atoms with van der Waals surface area (Å²) in [4.78, 5) is 0. The monoisotopic (exact) mass is 226 g/mol. The second-order valence-corrected chi connectivity index (χ2v) is 4.25. The lowest BCUT2D eigenvalue weighted by Gasteiger charge is -2.08. The van der Waals surface area contributed by atoms with Crippen LogP contribution < -0.4 is 4.74 Å². The molecule has 0 fully saturated rings. The molecule has 1 rings (SSSR count). The molecule has 0 radical (unpaired) electrons. The summed E-state index contributed by atoms with van der Waals surface area (Å²) in [6.45, 7) is 5.02. The Balaban J connectivity index is 2.33. The van der Waals surface area contributed by atoms with Crippen LogP contribution in [0.1, 0.15) is 38.2 Å². The first-order valence-electron chi connectivity index (χ1n) is 5.63. The molecule has 2 heteroatoms. The van der Waals surface area contributed by atoms with Crippen molar-refractivity contribution < 1.29 is 4.74 Å². The van der Waals surface area contributed by atoms with Gasteiger partial charge in [-0.05, 0) is 31.0 Å². The third-order valence-electron chi connectivity index (χ3n) is 2.34. The van der Waals surface area contributed by atoms with Crippen LogP contribution in [0.15, 0.2) is 18.2 Å². The minimum Gasteiger partial charge on any atom is -0.492 e. The Hall–Kier alpha value is -0.690. The second kappa shape index (κ2) is 6.73. The van der Waals surface area contributed by atoms with Gasteiger partial charge >= 0.3 is 0 Å². The highest BCUT2D eigenvalue weighted by Gasteiger charge is 2.00. The summed E-state index contributed by atoms with van der Waals surface area (Å²) in [7, 11) is 0. The van der Waals surface area contributed by atoms with E-state index in [2.05, 4.69) is 6.92 Å².